The number of aromatic nitrogens is 1. The number of pyridine rings is 1. The lowest BCUT2D eigenvalue weighted by Gasteiger charge is -2.24. The number of hydrogen-bond donors (Lipinski definition) is 2. The van der Waals surface area contributed by atoms with E-state index in [2.05, 4.69) is 77.8 Å². The molecule has 0 saturated carbocycles. The number of hydrogen-bond acceptors (Lipinski definition) is 1. The summed E-state index contributed by atoms with van der Waals surface area (Å²) in [4.78, 5) is 7.50. The monoisotopic (exact) mass is 331 g/mol. The Labute approximate surface area is 149 Å². The first kappa shape index (κ1) is 16.0. The average molecular weight is 331 g/mol. The second kappa shape index (κ2) is 7.60. The van der Waals surface area contributed by atoms with Gasteiger partial charge in [0.1, 0.15) is 26.2 Å². The maximum absolute atomic E-state index is 4.22. The van der Waals surface area contributed by atoms with Gasteiger partial charge in [-0.3, -0.25) is 14.8 Å². The minimum atomic E-state index is 0.461. The molecule has 2 atom stereocenters. The molecule has 2 N–H and O–H groups in total. The third-order valence-electron chi connectivity index (χ3n) is 5.17. The Balaban J connectivity index is 1.59. The van der Waals surface area contributed by atoms with Crippen LogP contribution in [0.4, 0.5) is 0 Å². The normalized spacial score (nSPS) is 22.8. The summed E-state index contributed by atoms with van der Waals surface area (Å²) in [7, 11) is 0. The summed E-state index contributed by atoms with van der Waals surface area (Å²) >= 11 is 0. The molecular weight excluding hydrogens is 306 g/mol. The van der Waals surface area contributed by atoms with Crippen molar-refractivity contribution in [2.75, 3.05) is 13.1 Å². The molecule has 3 nitrogen and oxygen atoms in total. The van der Waals surface area contributed by atoms with Crippen molar-refractivity contribution in [3.8, 4) is 0 Å². The van der Waals surface area contributed by atoms with Crippen molar-refractivity contribution >= 4 is 0 Å². The van der Waals surface area contributed by atoms with Crippen molar-refractivity contribution in [3.05, 3.63) is 102 Å². The fourth-order valence-electron chi connectivity index (χ4n) is 4.02. The van der Waals surface area contributed by atoms with E-state index < -0.39 is 0 Å². The van der Waals surface area contributed by atoms with Gasteiger partial charge in [-0.1, -0.05) is 60.7 Å². The number of rotatable bonds is 5. The second-order valence-electron chi connectivity index (χ2n) is 6.85. The van der Waals surface area contributed by atoms with Crippen LogP contribution in [-0.4, -0.2) is 18.1 Å². The van der Waals surface area contributed by atoms with Crippen molar-refractivity contribution in [1.82, 2.24) is 4.98 Å². The van der Waals surface area contributed by atoms with Crippen LogP contribution in [-0.2, 0) is 13.1 Å². The molecule has 1 aromatic heterocycles. The molecule has 0 bridgehead atoms. The van der Waals surface area contributed by atoms with E-state index in [1.807, 2.05) is 12.4 Å². The average Bonchev–Trinajstić information content (AvgIpc) is 3.06. The van der Waals surface area contributed by atoms with Crippen LogP contribution < -0.4 is 9.80 Å². The van der Waals surface area contributed by atoms with Crippen LogP contribution >= 0.6 is 0 Å². The van der Waals surface area contributed by atoms with Crippen LogP contribution in [0.1, 0.15) is 22.9 Å². The van der Waals surface area contributed by atoms with Crippen molar-refractivity contribution in [3.63, 3.8) is 0 Å². The summed E-state index contributed by atoms with van der Waals surface area (Å²) in [5.41, 5.74) is 4.22. The molecule has 0 amide bonds. The molecule has 0 aliphatic carbocycles. The third kappa shape index (κ3) is 3.78. The van der Waals surface area contributed by atoms with Crippen molar-refractivity contribution in [2.45, 2.75) is 19.3 Å². The van der Waals surface area contributed by atoms with Crippen LogP contribution in [0.5, 0.6) is 0 Å². The molecule has 1 fully saturated rings. The summed E-state index contributed by atoms with van der Waals surface area (Å²) in [5, 5.41) is 0. The number of benzene rings is 2. The molecule has 2 heterocycles. The Morgan fingerprint density at radius 3 is 1.64 bits per heavy atom. The fraction of sp³-hybridized carbons (Fsp3) is 0.227. The molecule has 25 heavy (non-hydrogen) atoms. The maximum atomic E-state index is 4.22. The van der Waals surface area contributed by atoms with E-state index in [1.54, 1.807) is 9.80 Å². The molecule has 0 radical (unpaired) electrons. The van der Waals surface area contributed by atoms with Crippen LogP contribution in [0.25, 0.3) is 0 Å². The maximum Gasteiger partial charge on any atom is 0.241 e. The quantitative estimate of drug-likeness (QED) is 0.722. The Kier molecular flexibility index (Phi) is 4.86. The number of nitrogens with zero attached hydrogens (tertiary/aromatic N) is 1. The Morgan fingerprint density at radius 2 is 1.16 bits per heavy atom. The smallest absolute Gasteiger partial charge is 0.241 e. The van der Waals surface area contributed by atoms with Crippen molar-refractivity contribution in [1.29, 1.82) is 0 Å². The summed E-state index contributed by atoms with van der Waals surface area (Å²) < 4.78 is 0. The number of nitrogens with one attached hydrogen (secondary N) is 2. The van der Waals surface area contributed by atoms with Gasteiger partial charge in [0.15, 0.2) is 0 Å². The summed E-state index contributed by atoms with van der Waals surface area (Å²) in [6.45, 7) is 4.55. The van der Waals surface area contributed by atoms with Gasteiger partial charge >= 0.3 is 0 Å². The summed E-state index contributed by atoms with van der Waals surface area (Å²) in [6.07, 6.45) is 4.31. The minimum Gasteiger partial charge on any atom is -0.274 e. The van der Waals surface area contributed by atoms with Gasteiger partial charge in [0, 0.05) is 23.5 Å². The highest BCUT2D eigenvalue weighted by atomic mass is 15.4. The molecule has 1 saturated heterocycles. The van der Waals surface area contributed by atoms with E-state index in [0.29, 0.717) is 6.17 Å². The zero-order valence-electron chi connectivity index (χ0n) is 14.4. The van der Waals surface area contributed by atoms with E-state index in [1.165, 1.54) is 29.8 Å². The minimum absolute atomic E-state index is 0.461. The fourth-order valence-corrected chi connectivity index (χ4v) is 4.02. The molecule has 4 rings (SSSR count). The zero-order chi connectivity index (χ0) is 16.9. The van der Waals surface area contributed by atoms with Gasteiger partial charge in [0.25, 0.3) is 0 Å². The number of quaternary nitrogens is 2. The van der Waals surface area contributed by atoms with Gasteiger partial charge in [-0.05, 0) is 12.1 Å². The van der Waals surface area contributed by atoms with Crippen molar-refractivity contribution in [2.24, 2.45) is 0 Å². The Morgan fingerprint density at radius 1 is 0.680 bits per heavy atom. The lowest BCUT2D eigenvalue weighted by molar-refractivity contribution is -1.09. The van der Waals surface area contributed by atoms with E-state index >= 15 is 0 Å². The SMILES string of the molecule is c1ccc(C[NH+]2CC[NH+](Cc3ccccc3)C2c2ccncc2)cc1. The van der Waals surface area contributed by atoms with Gasteiger partial charge in [-0.15, -0.1) is 0 Å². The highest BCUT2D eigenvalue weighted by molar-refractivity contribution is 5.15. The van der Waals surface area contributed by atoms with E-state index in [-0.39, 0.29) is 0 Å². The molecular formula is C22H25N3+2. The molecule has 0 spiro atoms. The van der Waals surface area contributed by atoms with Gasteiger partial charge in [0.2, 0.25) is 6.17 Å². The van der Waals surface area contributed by atoms with E-state index in [9.17, 15) is 0 Å². The molecule has 1 aliphatic rings. The molecule has 3 aromatic rings. The Hall–Kier alpha value is -2.49. The van der Waals surface area contributed by atoms with Crippen LogP contribution in [0.2, 0.25) is 0 Å². The first-order chi connectivity index (χ1) is 12.4. The molecule has 2 aromatic carbocycles. The van der Waals surface area contributed by atoms with Gasteiger partial charge in [-0.25, -0.2) is 0 Å². The van der Waals surface area contributed by atoms with Crippen LogP contribution in [0.3, 0.4) is 0 Å². The van der Waals surface area contributed by atoms with Crippen LogP contribution in [0, 0.1) is 0 Å². The highest BCUT2D eigenvalue weighted by Gasteiger charge is 2.40. The third-order valence-corrected chi connectivity index (χ3v) is 5.17. The van der Waals surface area contributed by atoms with Gasteiger partial charge in [0.05, 0.1) is 5.56 Å². The van der Waals surface area contributed by atoms with Crippen molar-refractivity contribution < 1.29 is 9.80 Å². The predicted molar refractivity (Wildman–Crippen MR) is 98.9 cm³/mol. The topological polar surface area (TPSA) is 21.8 Å². The van der Waals surface area contributed by atoms with Gasteiger partial charge < -0.3 is 0 Å². The highest BCUT2D eigenvalue weighted by Crippen LogP contribution is 2.07. The summed E-state index contributed by atoms with van der Waals surface area (Å²) in [6, 6.07) is 26.1. The van der Waals surface area contributed by atoms with Gasteiger partial charge in [-0.2, -0.15) is 0 Å². The Bertz CT molecular complexity index is 725. The standard InChI is InChI=1S/C22H23N3/c1-3-7-19(8-4-1)17-24-15-16-25(18-20-9-5-2-6-10-20)22(24)21-11-13-23-14-12-21/h1-14,22H,15-18H2/p+2. The largest absolute Gasteiger partial charge is 0.274 e. The molecule has 3 heteroatoms. The predicted octanol–water partition coefficient (Wildman–Crippen LogP) is 1.26. The lowest BCUT2D eigenvalue weighted by atomic mass is 10.1. The van der Waals surface area contributed by atoms with E-state index in [4.69, 9.17) is 0 Å². The first-order valence-electron chi connectivity index (χ1n) is 9.07. The first-order valence-corrected chi connectivity index (χ1v) is 9.07. The zero-order valence-corrected chi connectivity index (χ0v) is 14.4. The molecule has 1 aliphatic heterocycles. The molecule has 126 valence electrons. The molecule has 2 unspecified atom stereocenters. The lowest BCUT2D eigenvalue weighted by Crippen LogP contribution is -3.22. The summed E-state index contributed by atoms with van der Waals surface area (Å²) in [5.74, 6) is 0. The van der Waals surface area contributed by atoms with Crippen LogP contribution in [0.15, 0.2) is 85.2 Å². The van der Waals surface area contributed by atoms with E-state index in [0.717, 1.165) is 13.1 Å². The second-order valence-corrected chi connectivity index (χ2v) is 6.85.